The van der Waals surface area contributed by atoms with Crippen LogP contribution in [-0.2, 0) is 30.3 Å². The molecule has 0 aliphatic carbocycles. The molecule has 0 bridgehead atoms. The lowest BCUT2D eigenvalue weighted by molar-refractivity contribution is -0.0611. The van der Waals surface area contributed by atoms with Crippen LogP contribution in [0.4, 0.5) is 20.5 Å². The first-order chi connectivity index (χ1) is 20.0. The average Bonchev–Trinajstić information content (AvgIpc) is 3.69. The van der Waals surface area contributed by atoms with E-state index >= 15 is 8.78 Å². The molecule has 1 unspecified atom stereocenters. The number of ether oxygens (including phenoxy) is 2. The largest absolute Gasteiger partial charge is 0.394 e. The number of aliphatic hydroxyl groups is 2. The molecule has 8 N–H and O–H groups in total. The van der Waals surface area contributed by atoms with E-state index in [1.54, 1.807) is 0 Å². The Hall–Kier alpha value is -3.41. The second-order valence-electron chi connectivity index (χ2n) is 9.15. The van der Waals surface area contributed by atoms with Crippen molar-refractivity contribution < 1.29 is 42.4 Å². The van der Waals surface area contributed by atoms with Crippen molar-refractivity contribution in [1.82, 2.24) is 49.9 Å². The van der Waals surface area contributed by atoms with Gasteiger partial charge in [-0.05, 0) is 11.8 Å². The summed E-state index contributed by atoms with van der Waals surface area (Å²) in [7, 11) is 0. The summed E-state index contributed by atoms with van der Waals surface area (Å²) in [6.45, 7) is -5.89. The fourth-order valence-electron chi connectivity index (χ4n) is 4.52. The summed E-state index contributed by atoms with van der Waals surface area (Å²) in [4.78, 5) is 36.8. The number of nitrogens with one attached hydrogen (secondary N) is 1. The molecule has 0 saturated carbocycles. The predicted molar refractivity (Wildman–Crippen MR) is 136 cm³/mol. The zero-order chi connectivity index (χ0) is 29.9. The van der Waals surface area contributed by atoms with Crippen molar-refractivity contribution in [1.29, 1.82) is 0 Å². The van der Waals surface area contributed by atoms with Gasteiger partial charge >= 0.3 is 6.72 Å². The second-order valence-corrected chi connectivity index (χ2v) is 11.9. The first kappa shape index (κ1) is 28.7. The number of anilines is 2. The number of aromatic nitrogens is 10. The van der Waals surface area contributed by atoms with Gasteiger partial charge < -0.3 is 40.6 Å². The van der Waals surface area contributed by atoms with Gasteiger partial charge in [-0.25, -0.2) is 18.7 Å². The molecule has 20 nitrogen and oxygen atoms in total. The lowest BCUT2D eigenvalue weighted by Gasteiger charge is -2.25. The number of aromatic amines is 1. The number of rotatable bonds is 8. The predicted octanol–water partition coefficient (Wildman–Crippen LogP) is -2.64. The number of H-pyrrole nitrogens is 1. The SMILES string of the molecule is Nc1nc2c(nnn2[C@@H]2O[C@H](CO)[C@H](F)[C@H]2OP(O)(=S)OC[C@H]2O[C@@H](n3nnc4c(N)ncnc43)[C@@H](F)[C@@H]2O)c(=O)[nH]1. The number of aliphatic hydroxyl groups excluding tert-OH is 2. The molecule has 2 aliphatic rings. The van der Waals surface area contributed by atoms with E-state index in [1.165, 1.54) is 0 Å². The Morgan fingerprint density at radius 1 is 1.07 bits per heavy atom. The highest BCUT2D eigenvalue weighted by Crippen LogP contribution is 2.50. The summed E-state index contributed by atoms with van der Waals surface area (Å²) < 4.78 is 53.9. The van der Waals surface area contributed by atoms with Gasteiger partial charge in [0.1, 0.15) is 30.7 Å². The Morgan fingerprint density at radius 3 is 2.50 bits per heavy atom. The smallest absolute Gasteiger partial charge is 0.325 e. The van der Waals surface area contributed by atoms with E-state index in [2.05, 4.69) is 40.6 Å². The van der Waals surface area contributed by atoms with Gasteiger partial charge in [0.25, 0.3) is 5.56 Å². The van der Waals surface area contributed by atoms with E-state index in [1.807, 2.05) is 0 Å². The number of alkyl halides is 2. The second kappa shape index (κ2) is 10.7. The van der Waals surface area contributed by atoms with Crippen LogP contribution in [0.3, 0.4) is 0 Å². The molecule has 0 spiro atoms. The number of hydrogen-bond donors (Lipinski definition) is 6. The summed E-state index contributed by atoms with van der Waals surface area (Å²) in [6.07, 6.45) is -12.5. The van der Waals surface area contributed by atoms with Crippen LogP contribution in [-0.4, -0.2) is 115 Å². The van der Waals surface area contributed by atoms with Crippen molar-refractivity contribution in [3.8, 4) is 0 Å². The average molecular weight is 634 g/mol. The quantitative estimate of drug-likeness (QED) is 0.108. The van der Waals surface area contributed by atoms with Crippen LogP contribution in [0.1, 0.15) is 12.5 Å². The van der Waals surface area contributed by atoms with Crippen LogP contribution in [0.25, 0.3) is 22.3 Å². The third-order valence-electron chi connectivity index (χ3n) is 6.52. The van der Waals surface area contributed by atoms with E-state index in [-0.39, 0.29) is 34.1 Å². The third-order valence-corrected chi connectivity index (χ3v) is 8.08. The van der Waals surface area contributed by atoms with E-state index in [0.29, 0.717) is 0 Å². The number of hydrogen-bond acceptors (Lipinski definition) is 17. The van der Waals surface area contributed by atoms with Crippen LogP contribution >= 0.6 is 6.72 Å². The summed E-state index contributed by atoms with van der Waals surface area (Å²) >= 11 is 5.03. The lowest BCUT2D eigenvalue weighted by atomic mass is 10.1. The number of halogens is 2. The van der Waals surface area contributed by atoms with E-state index in [4.69, 9.17) is 41.8 Å². The number of fused-ring (bicyclic) bond motifs is 2. The van der Waals surface area contributed by atoms with Gasteiger partial charge in [0.2, 0.25) is 5.95 Å². The maximum Gasteiger partial charge on any atom is 0.325 e. The number of nitrogens with two attached hydrogens (primary N) is 2. The summed E-state index contributed by atoms with van der Waals surface area (Å²) in [5, 5.41) is 35.0. The Labute approximate surface area is 235 Å². The maximum atomic E-state index is 15.3. The van der Waals surface area contributed by atoms with Gasteiger partial charge in [-0.15, -0.1) is 10.2 Å². The molecular formula is C18H21F2N12O8PS. The monoisotopic (exact) mass is 634 g/mol. The fraction of sp³-hybridized carbons (Fsp3) is 0.556. The van der Waals surface area contributed by atoms with Gasteiger partial charge in [-0.3, -0.25) is 14.3 Å². The van der Waals surface area contributed by atoms with Gasteiger partial charge in [-0.2, -0.15) is 14.3 Å². The van der Waals surface area contributed by atoms with Crippen LogP contribution in [0.2, 0.25) is 0 Å². The van der Waals surface area contributed by atoms with E-state index in [0.717, 1.165) is 15.7 Å². The first-order valence-electron chi connectivity index (χ1n) is 11.9. The molecule has 4 aromatic rings. The minimum atomic E-state index is -4.39. The highest BCUT2D eigenvalue weighted by molar-refractivity contribution is 8.07. The van der Waals surface area contributed by atoms with Crippen LogP contribution in [0, 0.1) is 0 Å². The van der Waals surface area contributed by atoms with Crippen LogP contribution < -0.4 is 17.0 Å². The van der Waals surface area contributed by atoms with Crippen molar-refractivity contribution in [3.05, 3.63) is 16.7 Å². The molecule has 0 amide bonds. The van der Waals surface area contributed by atoms with Gasteiger partial charge in [0.15, 0.2) is 52.9 Å². The fourth-order valence-corrected chi connectivity index (χ4v) is 5.93. The van der Waals surface area contributed by atoms with Gasteiger partial charge in [0, 0.05) is 0 Å². The molecule has 2 saturated heterocycles. The van der Waals surface area contributed by atoms with Crippen molar-refractivity contribution >= 4 is 52.6 Å². The summed E-state index contributed by atoms with van der Waals surface area (Å²) in [6, 6.07) is 0. The van der Waals surface area contributed by atoms with Crippen LogP contribution in [0.15, 0.2) is 11.1 Å². The Bertz CT molecular complexity index is 1740. The van der Waals surface area contributed by atoms with Crippen molar-refractivity contribution in [2.24, 2.45) is 0 Å². The van der Waals surface area contributed by atoms with Gasteiger partial charge in [-0.1, -0.05) is 10.4 Å². The Morgan fingerprint density at radius 2 is 1.76 bits per heavy atom. The molecule has 0 radical (unpaired) electrons. The standard InChI is InChI=1S/C18H21F2N12O8PS/c19-6-4(1-33)38-17(32-14-9(28-30-32)15(35)26-18(22)25-14)11(6)40-41(36,42)37-2-5-10(34)7(20)16(39-5)31-13-8(27-29-31)12(21)23-3-24-13/h3-7,10-11,16-17,33-34H,1-2H2,(H,36,42)(H2,21,23,24)(H3,22,25,26,35)/t4-,5-,6+,7+,10-,11-,16-,17-,41?/m1/s1. The zero-order valence-electron chi connectivity index (χ0n) is 20.8. The van der Waals surface area contributed by atoms with E-state index < -0.39 is 74.7 Å². The first-order valence-corrected chi connectivity index (χ1v) is 14.5. The minimum Gasteiger partial charge on any atom is -0.394 e. The Kier molecular flexibility index (Phi) is 7.31. The summed E-state index contributed by atoms with van der Waals surface area (Å²) in [5.74, 6) is -0.307. The molecule has 42 heavy (non-hydrogen) atoms. The zero-order valence-corrected chi connectivity index (χ0v) is 22.5. The maximum absolute atomic E-state index is 15.3. The molecule has 6 heterocycles. The number of nitrogen functional groups attached to an aromatic ring is 2. The van der Waals surface area contributed by atoms with Gasteiger partial charge in [0.05, 0.1) is 13.2 Å². The molecule has 24 heteroatoms. The molecule has 0 aromatic carbocycles. The minimum absolute atomic E-state index is 0.00746. The molecular weight excluding hydrogens is 613 g/mol. The highest BCUT2D eigenvalue weighted by atomic mass is 32.5. The normalized spacial score (nSPS) is 31.3. The summed E-state index contributed by atoms with van der Waals surface area (Å²) in [5.41, 5.74) is 10.2. The van der Waals surface area contributed by atoms with E-state index in [9.17, 15) is 19.9 Å². The number of nitrogens with zero attached hydrogens (tertiary/aromatic N) is 9. The van der Waals surface area contributed by atoms with Crippen molar-refractivity contribution in [3.63, 3.8) is 0 Å². The van der Waals surface area contributed by atoms with Crippen molar-refractivity contribution in [2.45, 2.75) is 49.2 Å². The van der Waals surface area contributed by atoms with Crippen molar-refractivity contribution in [2.75, 3.05) is 24.7 Å². The Balaban J connectivity index is 1.19. The lowest BCUT2D eigenvalue weighted by Crippen LogP contribution is -2.33. The molecule has 226 valence electrons. The molecule has 6 rings (SSSR count). The molecule has 2 aliphatic heterocycles. The topological polar surface area (TPSA) is 283 Å². The molecule has 9 atom stereocenters. The highest BCUT2D eigenvalue weighted by Gasteiger charge is 2.51. The molecule has 4 aromatic heterocycles. The third kappa shape index (κ3) is 4.87. The molecule has 2 fully saturated rings. The van der Waals surface area contributed by atoms with Crippen LogP contribution in [0.5, 0.6) is 0 Å².